The van der Waals surface area contributed by atoms with Gasteiger partial charge < -0.3 is 14.5 Å². The van der Waals surface area contributed by atoms with Gasteiger partial charge in [-0.15, -0.1) is 0 Å². The average Bonchev–Trinajstić information content (AvgIpc) is 2.85. The van der Waals surface area contributed by atoms with E-state index in [9.17, 15) is 22.8 Å². The second-order valence-electron chi connectivity index (χ2n) is 8.41. The van der Waals surface area contributed by atoms with Crippen molar-refractivity contribution in [3.8, 4) is 11.8 Å². The number of amides is 2. The molecule has 0 bridgehead atoms. The zero-order chi connectivity index (χ0) is 25.0. The lowest BCUT2D eigenvalue weighted by Gasteiger charge is -2.30. The highest BCUT2D eigenvalue weighted by Gasteiger charge is 2.51. The van der Waals surface area contributed by atoms with Crippen LogP contribution in [0.2, 0.25) is 0 Å². The summed E-state index contributed by atoms with van der Waals surface area (Å²) in [6, 6.07) is 9.32. The lowest BCUT2D eigenvalue weighted by molar-refractivity contribution is -0.137. The number of alkyl halides is 3. The zero-order valence-corrected chi connectivity index (χ0v) is 19.3. The molecule has 0 saturated carbocycles. The van der Waals surface area contributed by atoms with E-state index in [-0.39, 0.29) is 23.3 Å². The number of thiocarbonyl (C=S) groups is 1. The van der Waals surface area contributed by atoms with E-state index in [0.717, 1.165) is 17.0 Å². The molecule has 4 rings (SSSR count). The van der Waals surface area contributed by atoms with Crippen LogP contribution in [0.25, 0.3) is 0 Å². The van der Waals surface area contributed by atoms with E-state index in [1.807, 2.05) is 0 Å². The summed E-state index contributed by atoms with van der Waals surface area (Å²) >= 11 is 5.54. The largest absolute Gasteiger partial charge is 0.491 e. The third-order valence-corrected chi connectivity index (χ3v) is 6.21. The molecule has 0 N–H and O–H groups in total. The SMILES string of the molecule is CN1CCOc2cc(N3C(=S)N(c4ccc(C#N)c(C(F)(F)F)c4)C(=O)C3(C)C)ccc2C1=O. The van der Waals surface area contributed by atoms with Crippen molar-refractivity contribution in [2.75, 3.05) is 30.0 Å². The quantitative estimate of drug-likeness (QED) is 0.596. The minimum atomic E-state index is -4.78. The Morgan fingerprint density at radius 3 is 2.44 bits per heavy atom. The normalized spacial score (nSPS) is 17.9. The van der Waals surface area contributed by atoms with Gasteiger partial charge in [-0.3, -0.25) is 14.5 Å². The number of nitrogens with zero attached hydrogens (tertiary/aromatic N) is 4. The van der Waals surface area contributed by atoms with Crippen LogP contribution >= 0.6 is 12.2 Å². The van der Waals surface area contributed by atoms with Gasteiger partial charge in [0, 0.05) is 18.8 Å². The minimum Gasteiger partial charge on any atom is -0.491 e. The molecule has 2 heterocycles. The number of fused-ring (bicyclic) bond motifs is 1. The molecule has 0 spiro atoms. The Morgan fingerprint density at radius 1 is 1.12 bits per heavy atom. The molecule has 7 nitrogen and oxygen atoms in total. The summed E-state index contributed by atoms with van der Waals surface area (Å²) in [5.74, 6) is -0.423. The van der Waals surface area contributed by atoms with E-state index >= 15 is 0 Å². The number of carbonyl (C=O) groups is 2. The molecular formula is C23H19F3N4O3S. The summed E-state index contributed by atoms with van der Waals surface area (Å²) in [6.07, 6.45) is -4.78. The number of benzene rings is 2. The second kappa shape index (κ2) is 7.99. The molecule has 34 heavy (non-hydrogen) atoms. The lowest BCUT2D eigenvalue weighted by Crippen LogP contribution is -2.44. The first-order chi connectivity index (χ1) is 15.9. The van der Waals surface area contributed by atoms with Gasteiger partial charge in [-0.05, 0) is 56.4 Å². The highest BCUT2D eigenvalue weighted by atomic mass is 32.1. The van der Waals surface area contributed by atoms with E-state index in [2.05, 4.69) is 0 Å². The summed E-state index contributed by atoms with van der Waals surface area (Å²) in [7, 11) is 1.66. The van der Waals surface area contributed by atoms with Gasteiger partial charge in [0.15, 0.2) is 5.11 Å². The fourth-order valence-electron chi connectivity index (χ4n) is 4.01. The van der Waals surface area contributed by atoms with Gasteiger partial charge in [0.25, 0.3) is 11.8 Å². The van der Waals surface area contributed by atoms with Crippen LogP contribution in [0.5, 0.6) is 5.75 Å². The average molecular weight is 488 g/mol. The first-order valence-electron chi connectivity index (χ1n) is 10.2. The first kappa shape index (κ1) is 23.5. The molecule has 11 heteroatoms. The second-order valence-corrected chi connectivity index (χ2v) is 8.78. The van der Waals surface area contributed by atoms with Gasteiger partial charge in [0.2, 0.25) is 0 Å². The van der Waals surface area contributed by atoms with E-state index in [0.29, 0.717) is 23.5 Å². The molecular weight excluding hydrogens is 469 g/mol. The Morgan fingerprint density at radius 2 is 1.79 bits per heavy atom. The Hall–Kier alpha value is -3.65. The third kappa shape index (κ3) is 3.64. The van der Waals surface area contributed by atoms with Crippen molar-refractivity contribution in [1.29, 1.82) is 5.26 Å². The van der Waals surface area contributed by atoms with E-state index < -0.39 is 28.7 Å². The number of anilines is 2. The highest BCUT2D eigenvalue weighted by Crippen LogP contribution is 2.41. The van der Waals surface area contributed by atoms with E-state index in [1.165, 1.54) is 21.9 Å². The maximum atomic E-state index is 13.5. The van der Waals surface area contributed by atoms with Crippen LogP contribution in [0.4, 0.5) is 24.5 Å². The van der Waals surface area contributed by atoms with Crippen molar-refractivity contribution in [1.82, 2.24) is 4.90 Å². The number of rotatable bonds is 2. The maximum Gasteiger partial charge on any atom is 0.417 e. The van der Waals surface area contributed by atoms with Crippen LogP contribution in [0, 0.1) is 11.3 Å². The molecule has 2 aliphatic rings. The van der Waals surface area contributed by atoms with Crippen molar-refractivity contribution >= 4 is 40.5 Å². The smallest absolute Gasteiger partial charge is 0.417 e. The van der Waals surface area contributed by atoms with Gasteiger partial charge in [-0.2, -0.15) is 18.4 Å². The molecule has 2 amide bonds. The van der Waals surface area contributed by atoms with Crippen LogP contribution < -0.4 is 14.5 Å². The summed E-state index contributed by atoms with van der Waals surface area (Å²) in [5, 5.41) is 9.03. The zero-order valence-electron chi connectivity index (χ0n) is 18.4. The van der Waals surface area contributed by atoms with Gasteiger partial charge in [-0.25, -0.2) is 0 Å². The molecule has 2 aromatic rings. The standard InChI is InChI=1S/C23H19F3N4O3S/c1-22(2)20(32)29(14-5-4-13(12-27)17(10-14)23(24,25)26)21(34)30(22)15-6-7-16-18(11-15)33-9-8-28(3)19(16)31/h4-7,10-11H,8-9H2,1-3H3. The molecule has 0 aliphatic carbocycles. The van der Waals surface area contributed by atoms with Crippen molar-refractivity contribution in [3.05, 3.63) is 53.1 Å². The molecule has 1 saturated heterocycles. The Labute approximate surface area is 198 Å². The predicted molar refractivity (Wildman–Crippen MR) is 122 cm³/mol. The maximum absolute atomic E-state index is 13.5. The number of likely N-dealkylation sites (N-methyl/N-ethyl adjacent to an activating group) is 1. The van der Waals surface area contributed by atoms with Crippen molar-refractivity contribution in [2.24, 2.45) is 0 Å². The number of ether oxygens (including phenoxy) is 1. The summed E-state index contributed by atoms with van der Waals surface area (Å²) in [5.41, 5.74) is -2.24. The molecule has 176 valence electrons. The van der Waals surface area contributed by atoms with Crippen LogP contribution in [0.1, 0.15) is 35.3 Å². The van der Waals surface area contributed by atoms with Gasteiger partial charge in [-0.1, -0.05) is 0 Å². The molecule has 0 radical (unpaired) electrons. The Balaban J connectivity index is 1.78. The van der Waals surface area contributed by atoms with Gasteiger partial charge in [0.05, 0.1) is 35.0 Å². The van der Waals surface area contributed by atoms with Crippen LogP contribution in [-0.2, 0) is 11.0 Å². The minimum absolute atomic E-state index is 0.0372. The van der Waals surface area contributed by atoms with Crippen molar-refractivity contribution in [2.45, 2.75) is 25.6 Å². The molecule has 0 unspecified atom stereocenters. The number of nitriles is 1. The molecule has 2 aliphatic heterocycles. The van der Waals surface area contributed by atoms with Crippen LogP contribution in [0.15, 0.2) is 36.4 Å². The van der Waals surface area contributed by atoms with Crippen LogP contribution in [-0.4, -0.2) is 47.6 Å². The molecule has 0 atom stereocenters. The van der Waals surface area contributed by atoms with Crippen LogP contribution in [0.3, 0.4) is 0 Å². The van der Waals surface area contributed by atoms with E-state index in [1.54, 1.807) is 39.1 Å². The first-order valence-corrected chi connectivity index (χ1v) is 10.6. The van der Waals surface area contributed by atoms with Gasteiger partial charge >= 0.3 is 6.18 Å². The van der Waals surface area contributed by atoms with Crippen molar-refractivity contribution in [3.63, 3.8) is 0 Å². The fraction of sp³-hybridized carbons (Fsp3) is 0.304. The lowest BCUT2D eigenvalue weighted by atomic mass is 10.0. The molecule has 1 fully saturated rings. The van der Waals surface area contributed by atoms with Crippen molar-refractivity contribution < 1.29 is 27.5 Å². The number of hydrogen-bond donors (Lipinski definition) is 0. The number of carbonyl (C=O) groups excluding carboxylic acids is 2. The third-order valence-electron chi connectivity index (χ3n) is 5.84. The van der Waals surface area contributed by atoms with Gasteiger partial charge in [0.1, 0.15) is 17.9 Å². The van der Waals surface area contributed by atoms with E-state index in [4.69, 9.17) is 22.2 Å². The summed E-state index contributed by atoms with van der Waals surface area (Å²) < 4.78 is 46.2. The number of halogens is 3. The Bertz CT molecular complexity index is 1270. The topological polar surface area (TPSA) is 76.9 Å². The highest BCUT2D eigenvalue weighted by molar-refractivity contribution is 7.81. The monoisotopic (exact) mass is 488 g/mol. The fourth-order valence-corrected chi connectivity index (χ4v) is 4.53. The summed E-state index contributed by atoms with van der Waals surface area (Å²) in [6.45, 7) is 3.88. The molecule has 2 aromatic carbocycles. The number of hydrogen-bond acceptors (Lipinski definition) is 5. The Kier molecular flexibility index (Phi) is 5.52. The molecule has 0 aromatic heterocycles. The predicted octanol–water partition coefficient (Wildman–Crippen LogP) is 3.96. The summed E-state index contributed by atoms with van der Waals surface area (Å²) in [4.78, 5) is 29.9.